The Morgan fingerprint density at radius 3 is 2.62 bits per heavy atom. The van der Waals surface area contributed by atoms with Gasteiger partial charge < -0.3 is 19.9 Å². The van der Waals surface area contributed by atoms with Gasteiger partial charge in [-0.1, -0.05) is 12.1 Å². The largest absolute Gasteiger partial charge is 0.384 e. The number of ether oxygens (including phenoxy) is 1. The van der Waals surface area contributed by atoms with E-state index in [9.17, 15) is 5.26 Å². The normalized spacial score (nSPS) is 15.8. The van der Waals surface area contributed by atoms with Gasteiger partial charge in [0.2, 0.25) is 0 Å². The van der Waals surface area contributed by atoms with Gasteiger partial charge in [-0.3, -0.25) is 0 Å². The van der Waals surface area contributed by atoms with Crippen LogP contribution in [0.2, 0.25) is 0 Å². The van der Waals surface area contributed by atoms with Crippen LogP contribution in [-0.2, 0) is 11.3 Å². The van der Waals surface area contributed by atoms with Crippen molar-refractivity contribution in [1.29, 1.82) is 5.26 Å². The van der Waals surface area contributed by atoms with Gasteiger partial charge in [-0.05, 0) is 12.1 Å². The number of quaternary nitrogens is 1. The second-order valence-corrected chi connectivity index (χ2v) is 6.02. The number of aromatic nitrogens is 3. The minimum absolute atomic E-state index is 0.417. The van der Waals surface area contributed by atoms with Gasteiger partial charge in [0.05, 0.1) is 37.3 Å². The van der Waals surface area contributed by atoms with E-state index in [1.54, 1.807) is 0 Å². The highest BCUT2D eigenvalue weighted by Gasteiger charge is 2.20. The Morgan fingerprint density at radius 2 is 1.92 bits per heavy atom. The van der Waals surface area contributed by atoms with Crippen LogP contribution in [0.1, 0.15) is 5.56 Å². The Hall–Kier alpha value is -2.69. The van der Waals surface area contributed by atoms with Crippen molar-refractivity contribution in [3.63, 3.8) is 0 Å². The molecule has 3 heterocycles. The summed E-state index contributed by atoms with van der Waals surface area (Å²) in [7, 11) is 0. The average molecular weight is 323 g/mol. The molecule has 3 aromatic rings. The fourth-order valence-electron chi connectivity index (χ4n) is 3.23. The first-order chi connectivity index (χ1) is 11.8. The van der Waals surface area contributed by atoms with Crippen LogP contribution in [0.3, 0.4) is 0 Å². The molecule has 7 heteroatoms. The molecule has 122 valence electrons. The number of nitrogens with one attached hydrogen (secondary N) is 1. The van der Waals surface area contributed by atoms with Crippen molar-refractivity contribution in [3.05, 3.63) is 29.8 Å². The molecule has 2 aromatic heterocycles. The zero-order valence-corrected chi connectivity index (χ0v) is 13.3. The fourth-order valence-corrected chi connectivity index (χ4v) is 3.23. The van der Waals surface area contributed by atoms with E-state index < -0.39 is 0 Å². The monoisotopic (exact) mass is 323 g/mol. The van der Waals surface area contributed by atoms with Gasteiger partial charge in [-0.15, -0.1) is 0 Å². The summed E-state index contributed by atoms with van der Waals surface area (Å²) in [6, 6.07) is 9.86. The molecule has 0 radical (unpaired) electrons. The Bertz CT molecular complexity index is 936. The average Bonchev–Trinajstić information content (AvgIpc) is 2.89. The highest BCUT2D eigenvalue weighted by molar-refractivity contribution is 5.92. The van der Waals surface area contributed by atoms with E-state index in [4.69, 9.17) is 15.5 Å². The van der Waals surface area contributed by atoms with E-state index in [1.165, 1.54) is 4.90 Å². The first-order valence-corrected chi connectivity index (χ1v) is 8.14. The maximum absolute atomic E-state index is 9.49. The number of morpholine rings is 1. The van der Waals surface area contributed by atoms with Crippen LogP contribution < -0.4 is 10.6 Å². The summed E-state index contributed by atoms with van der Waals surface area (Å²) in [4.78, 5) is 10.8. The van der Waals surface area contributed by atoms with Gasteiger partial charge in [0.25, 0.3) is 0 Å². The summed E-state index contributed by atoms with van der Waals surface area (Å²) >= 11 is 0. The lowest BCUT2D eigenvalue weighted by Crippen LogP contribution is -3.14. The Balaban J connectivity index is 1.77. The summed E-state index contributed by atoms with van der Waals surface area (Å²) in [5.41, 5.74) is 9.51. The third kappa shape index (κ3) is 2.46. The molecule has 1 fully saturated rings. The lowest BCUT2D eigenvalue weighted by atomic mass is 10.2. The zero-order valence-electron chi connectivity index (χ0n) is 13.3. The van der Waals surface area contributed by atoms with Crippen molar-refractivity contribution < 1.29 is 9.64 Å². The van der Waals surface area contributed by atoms with Crippen molar-refractivity contribution in [3.8, 4) is 6.07 Å². The summed E-state index contributed by atoms with van der Waals surface area (Å²) in [6.07, 6.45) is 0. The van der Waals surface area contributed by atoms with E-state index in [1.807, 2.05) is 28.8 Å². The maximum atomic E-state index is 9.49. The number of hydrogen-bond donors (Lipinski definition) is 2. The highest BCUT2D eigenvalue weighted by atomic mass is 16.5. The second-order valence-electron chi connectivity index (χ2n) is 6.02. The minimum Gasteiger partial charge on any atom is -0.384 e. The van der Waals surface area contributed by atoms with Gasteiger partial charge in [-0.25, -0.2) is 9.97 Å². The van der Waals surface area contributed by atoms with Crippen LogP contribution in [-0.4, -0.2) is 47.4 Å². The number of nitrogens with zero attached hydrogens (tertiary/aromatic N) is 4. The highest BCUT2D eigenvalue weighted by Crippen LogP contribution is 2.26. The molecular formula is C17H19N6O+. The molecule has 7 nitrogen and oxygen atoms in total. The molecule has 3 N–H and O–H groups in total. The smallest absolute Gasteiger partial charge is 0.162 e. The summed E-state index contributed by atoms with van der Waals surface area (Å²) in [5, 5.41) is 9.49. The van der Waals surface area contributed by atoms with E-state index in [0.717, 1.165) is 43.9 Å². The van der Waals surface area contributed by atoms with Gasteiger partial charge in [0.15, 0.2) is 5.65 Å². The first kappa shape index (κ1) is 14.9. The quantitative estimate of drug-likeness (QED) is 0.705. The van der Waals surface area contributed by atoms with Gasteiger partial charge >= 0.3 is 0 Å². The number of fused-ring (bicyclic) bond motifs is 2. The van der Waals surface area contributed by atoms with E-state index >= 15 is 0 Å². The van der Waals surface area contributed by atoms with Crippen molar-refractivity contribution >= 4 is 28.0 Å². The number of nitriles is 1. The molecule has 1 saturated heterocycles. The lowest BCUT2D eigenvalue weighted by Gasteiger charge is -2.24. The van der Waals surface area contributed by atoms with Crippen LogP contribution >= 0.6 is 0 Å². The molecular weight excluding hydrogens is 304 g/mol. The molecule has 0 atom stereocenters. The first-order valence-electron chi connectivity index (χ1n) is 8.14. The lowest BCUT2D eigenvalue weighted by molar-refractivity contribution is -0.908. The van der Waals surface area contributed by atoms with Gasteiger partial charge in [-0.2, -0.15) is 5.26 Å². The van der Waals surface area contributed by atoms with Crippen molar-refractivity contribution in [2.45, 2.75) is 6.54 Å². The van der Waals surface area contributed by atoms with Crippen LogP contribution in [0.4, 0.5) is 5.82 Å². The van der Waals surface area contributed by atoms with E-state index in [0.29, 0.717) is 29.1 Å². The van der Waals surface area contributed by atoms with Crippen LogP contribution in [0.25, 0.3) is 22.2 Å². The number of hydrogen-bond acceptors (Lipinski definition) is 5. The Kier molecular flexibility index (Phi) is 3.76. The fraction of sp³-hybridized carbons (Fsp3) is 0.353. The number of rotatable bonds is 3. The molecule has 1 aromatic carbocycles. The molecule has 0 unspecified atom stereocenters. The molecule has 0 bridgehead atoms. The summed E-state index contributed by atoms with van der Waals surface area (Å²) < 4.78 is 7.32. The Morgan fingerprint density at radius 1 is 1.21 bits per heavy atom. The van der Waals surface area contributed by atoms with E-state index in [-0.39, 0.29) is 0 Å². The van der Waals surface area contributed by atoms with E-state index in [2.05, 4.69) is 11.1 Å². The van der Waals surface area contributed by atoms with Crippen LogP contribution in [0, 0.1) is 11.3 Å². The van der Waals surface area contributed by atoms with Gasteiger partial charge in [0, 0.05) is 0 Å². The van der Waals surface area contributed by atoms with Crippen molar-refractivity contribution in [2.24, 2.45) is 0 Å². The predicted octanol–water partition coefficient (Wildman–Crippen LogP) is -0.0465. The summed E-state index contributed by atoms with van der Waals surface area (Å²) in [5.74, 6) is 0.454. The number of nitrogens with two attached hydrogens (primary N) is 1. The standard InChI is InChI=1S/C17H18N6O/c18-11-12-15-17(21-14-4-2-1-3-13(14)20-15)23(16(12)19)6-5-22-7-9-24-10-8-22/h1-4H,5-10,19H2/p+1. The molecule has 4 rings (SSSR count). The number of para-hydroxylation sites is 2. The molecule has 0 saturated carbocycles. The van der Waals surface area contributed by atoms with Crippen LogP contribution in [0.15, 0.2) is 24.3 Å². The molecule has 0 amide bonds. The molecule has 1 aliphatic heterocycles. The van der Waals surface area contributed by atoms with Crippen molar-refractivity contribution in [1.82, 2.24) is 14.5 Å². The number of benzene rings is 1. The molecule has 0 spiro atoms. The SMILES string of the molecule is N#Cc1c(N)n(CC[NH+]2CCOCC2)c2nc3ccccc3nc12. The molecule has 1 aliphatic rings. The zero-order chi connectivity index (χ0) is 16.5. The molecule has 0 aliphatic carbocycles. The van der Waals surface area contributed by atoms with Crippen LogP contribution in [0.5, 0.6) is 0 Å². The maximum Gasteiger partial charge on any atom is 0.162 e. The Labute approximate surface area is 139 Å². The minimum atomic E-state index is 0.417. The molecule has 24 heavy (non-hydrogen) atoms. The third-order valence-electron chi connectivity index (χ3n) is 4.59. The number of nitrogen functional groups attached to an aromatic ring is 1. The van der Waals surface area contributed by atoms with Crippen molar-refractivity contribution in [2.75, 3.05) is 38.6 Å². The summed E-state index contributed by atoms with van der Waals surface area (Å²) in [6.45, 7) is 5.23. The van der Waals surface area contributed by atoms with Gasteiger partial charge in [0.1, 0.15) is 36.1 Å². The topological polar surface area (TPSA) is 94.2 Å². The number of anilines is 1. The second kappa shape index (κ2) is 6.07. The predicted molar refractivity (Wildman–Crippen MR) is 90.5 cm³/mol. The third-order valence-corrected chi connectivity index (χ3v) is 4.59.